The third-order valence-electron chi connectivity index (χ3n) is 4.93. The fraction of sp³-hybridized carbons (Fsp3) is 0.136. The molecule has 0 fully saturated rings. The summed E-state index contributed by atoms with van der Waals surface area (Å²) in [5, 5.41) is 25.4. The Balaban J connectivity index is 1.81. The monoisotopic (exact) mass is 380 g/mol. The number of aliphatic hydroxyl groups excluding tert-OH is 1. The lowest BCUT2D eigenvalue weighted by Gasteiger charge is -2.27. The van der Waals surface area contributed by atoms with Gasteiger partial charge in [0.25, 0.3) is 0 Å². The van der Waals surface area contributed by atoms with Crippen molar-refractivity contribution in [3.8, 4) is 5.69 Å². The Morgan fingerprint density at radius 3 is 2.39 bits per heavy atom. The summed E-state index contributed by atoms with van der Waals surface area (Å²) >= 11 is 0. The van der Waals surface area contributed by atoms with Crippen LogP contribution in [0.1, 0.15) is 16.7 Å². The predicted octanol–water partition coefficient (Wildman–Crippen LogP) is 3.86. The highest BCUT2D eigenvalue weighted by Crippen LogP contribution is 2.33. The molecular weight excluding hydrogens is 362 g/mol. The van der Waals surface area contributed by atoms with Gasteiger partial charge in [-0.15, -0.1) is 0 Å². The maximum atomic E-state index is 14.0. The van der Waals surface area contributed by atoms with Crippen molar-refractivity contribution in [2.45, 2.75) is 12.2 Å². The maximum absolute atomic E-state index is 14.0. The van der Waals surface area contributed by atoms with Crippen LogP contribution in [0.25, 0.3) is 16.6 Å². The number of benzene rings is 3. The molecule has 0 saturated heterocycles. The van der Waals surface area contributed by atoms with Gasteiger partial charge in [0, 0.05) is 10.9 Å². The van der Waals surface area contributed by atoms with Crippen LogP contribution in [0.15, 0.2) is 72.9 Å². The lowest BCUT2D eigenvalue weighted by Crippen LogP contribution is -2.30. The zero-order valence-corrected chi connectivity index (χ0v) is 14.9. The highest BCUT2D eigenvalue weighted by molar-refractivity contribution is 5.81. The molecule has 1 atom stereocenters. The molecule has 1 heterocycles. The number of fused-ring (bicyclic) bond motifs is 1. The second-order valence-electron chi connectivity index (χ2n) is 6.62. The van der Waals surface area contributed by atoms with Gasteiger partial charge in [0.05, 0.1) is 24.0 Å². The summed E-state index contributed by atoms with van der Waals surface area (Å²) in [6, 6.07) is 18.4. The van der Waals surface area contributed by atoms with E-state index in [2.05, 4.69) is 5.10 Å². The minimum Gasteiger partial charge on any atom is -0.392 e. The molecule has 142 valence electrons. The molecule has 3 aromatic carbocycles. The van der Waals surface area contributed by atoms with E-state index in [1.165, 1.54) is 12.1 Å². The highest BCUT2D eigenvalue weighted by atomic mass is 19.1. The molecule has 0 amide bonds. The quantitative estimate of drug-likeness (QED) is 0.553. The summed E-state index contributed by atoms with van der Waals surface area (Å²) in [4.78, 5) is 0. The van der Waals surface area contributed by atoms with Crippen LogP contribution in [0, 0.1) is 5.82 Å². The van der Waals surface area contributed by atoms with Crippen molar-refractivity contribution in [2.24, 2.45) is 0 Å². The number of rotatable bonds is 5. The van der Waals surface area contributed by atoms with Crippen molar-refractivity contribution in [1.82, 2.24) is 9.78 Å². The van der Waals surface area contributed by atoms with E-state index in [0.717, 1.165) is 22.7 Å². The Hall–Kier alpha value is -3.09. The maximum Gasteiger partial charge on any atom is 0.143 e. The average molecular weight is 380 g/mol. The summed E-state index contributed by atoms with van der Waals surface area (Å²) < 4.78 is 29.4. The number of nitrogens with zero attached hydrogens (tertiary/aromatic N) is 2. The summed E-state index contributed by atoms with van der Waals surface area (Å²) in [6.45, 7) is -1.63. The number of hydrogen-bond acceptors (Lipinski definition) is 3. The third kappa shape index (κ3) is 2.96. The minimum atomic E-state index is -1.96. The number of alkyl halides is 1. The molecule has 0 aliphatic heterocycles. The SMILES string of the molecule is OCc1cc(C(O)(CF)c2ccc3c(cnn3-c3ccccc3)c2)ccc1F. The minimum absolute atomic E-state index is 0.00218. The lowest BCUT2D eigenvalue weighted by atomic mass is 9.86. The van der Waals surface area contributed by atoms with Crippen LogP contribution in [0.5, 0.6) is 0 Å². The van der Waals surface area contributed by atoms with E-state index in [4.69, 9.17) is 0 Å². The van der Waals surface area contributed by atoms with Gasteiger partial charge in [0.2, 0.25) is 0 Å². The second kappa shape index (κ2) is 7.14. The summed E-state index contributed by atoms with van der Waals surface area (Å²) in [6.07, 6.45) is 1.65. The van der Waals surface area contributed by atoms with Gasteiger partial charge in [-0.25, -0.2) is 13.5 Å². The number of hydrogen-bond donors (Lipinski definition) is 2. The van der Waals surface area contributed by atoms with Gasteiger partial charge in [0.1, 0.15) is 18.1 Å². The Morgan fingerprint density at radius 1 is 0.964 bits per heavy atom. The van der Waals surface area contributed by atoms with Crippen molar-refractivity contribution in [2.75, 3.05) is 6.67 Å². The number of aromatic nitrogens is 2. The molecule has 1 unspecified atom stereocenters. The Morgan fingerprint density at radius 2 is 1.68 bits per heavy atom. The second-order valence-corrected chi connectivity index (χ2v) is 6.62. The molecule has 28 heavy (non-hydrogen) atoms. The normalized spacial score (nSPS) is 13.6. The summed E-state index contributed by atoms with van der Waals surface area (Å²) in [5.74, 6) is -0.605. The molecule has 0 aliphatic rings. The topological polar surface area (TPSA) is 58.3 Å². The van der Waals surface area contributed by atoms with Gasteiger partial charge < -0.3 is 10.2 Å². The molecule has 4 nitrogen and oxygen atoms in total. The van der Waals surface area contributed by atoms with E-state index < -0.39 is 24.7 Å². The number of para-hydroxylation sites is 1. The molecule has 2 N–H and O–H groups in total. The molecule has 4 rings (SSSR count). The number of halogens is 2. The first-order valence-corrected chi connectivity index (χ1v) is 8.78. The first kappa shape index (κ1) is 18.3. The molecule has 0 bridgehead atoms. The first-order chi connectivity index (χ1) is 13.6. The molecule has 1 aromatic heterocycles. The molecule has 0 saturated carbocycles. The van der Waals surface area contributed by atoms with Crippen LogP contribution in [0.2, 0.25) is 0 Å². The lowest BCUT2D eigenvalue weighted by molar-refractivity contribution is 0.0517. The Bertz CT molecular complexity index is 1130. The number of aliphatic hydroxyl groups is 2. The predicted molar refractivity (Wildman–Crippen MR) is 102 cm³/mol. The van der Waals surface area contributed by atoms with E-state index in [0.29, 0.717) is 5.56 Å². The van der Waals surface area contributed by atoms with Gasteiger partial charge in [-0.3, -0.25) is 0 Å². The van der Waals surface area contributed by atoms with E-state index in [9.17, 15) is 19.0 Å². The van der Waals surface area contributed by atoms with Gasteiger partial charge >= 0.3 is 0 Å². The van der Waals surface area contributed by atoms with Crippen molar-refractivity contribution in [3.63, 3.8) is 0 Å². The summed E-state index contributed by atoms with van der Waals surface area (Å²) in [7, 11) is 0. The van der Waals surface area contributed by atoms with Crippen molar-refractivity contribution >= 4 is 10.9 Å². The van der Waals surface area contributed by atoms with E-state index in [1.54, 1.807) is 29.1 Å². The summed E-state index contributed by atoms with van der Waals surface area (Å²) in [5.41, 5.74) is 0.243. The van der Waals surface area contributed by atoms with Gasteiger partial charge in [-0.05, 0) is 47.5 Å². The smallest absolute Gasteiger partial charge is 0.143 e. The molecular formula is C22H18F2N2O2. The van der Waals surface area contributed by atoms with Crippen LogP contribution >= 0.6 is 0 Å². The van der Waals surface area contributed by atoms with Crippen molar-refractivity contribution in [1.29, 1.82) is 0 Å². The van der Waals surface area contributed by atoms with Crippen LogP contribution in [0.3, 0.4) is 0 Å². The standard InChI is InChI=1S/C22H18F2N2O2/c23-14-22(28,17-6-8-20(24)16(11-17)13-27)18-7-9-21-15(10-18)12-25-26(21)19-4-2-1-3-5-19/h1-12,27-28H,13-14H2. The molecule has 4 aromatic rings. The molecule has 0 aliphatic carbocycles. The van der Waals surface area contributed by atoms with Crippen LogP contribution in [-0.2, 0) is 12.2 Å². The van der Waals surface area contributed by atoms with Crippen molar-refractivity contribution < 1.29 is 19.0 Å². The third-order valence-corrected chi connectivity index (χ3v) is 4.93. The van der Waals surface area contributed by atoms with Crippen molar-refractivity contribution in [3.05, 3.63) is 95.4 Å². The van der Waals surface area contributed by atoms with Crippen LogP contribution in [-0.4, -0.2) is 26.7 Å². The molecule has 0 spiro atoms. The van der Waals surface area contributed by atoms with Gasteiger partial charge in [-0.2, -0.15) is 5.10 Å². The van der Waals surface area contributed by atoms with E-state index >= 15 is 0 Å². The average Bonchev–Trinajstić information content (AvgIpc) is 3.17. The van der Waals surface area contributed by atoms with Gasteiger partial charge in [-0.1, -0.05) is 30.3 Å². The fourth-order valence-electron chi connectivity index (χ4n) is 3.34. The zero-order chi connectivity index (χ0) is 19.7. The van der Waals surface area contributed by atoms with Crippen LogP contribution in [0.4, 0.5) is 8.78 Å². The van der Waals surface area contributed by atoms with Crippen LogP contribution < -0.4 is 0 Å². The zero-order valence-electron chi connectivity index (χ0n) is 14.9. The first-order valence-electron chi connectivity index (χ1n) is 8.78. The van der Waals surface area contributed by atoms with Gasteiger partial charge in [0.15, 0.2) is 0 Å². The Labute approximate surface area is 160 Å². The largest absolute Gasteiger partial charge is 0.392 e. The van der Waals surface area contributed by atoms with E-state index in [-0.39, 0.29) is 11.1 Å². The van der Waals surface area contributed by atoms with E-state index in [1.807, 2.05) is 30.3 Å². The fourth-order valence-corrected chi connectivity index (χ4v) is 3.34. The molecule has 6 heteroatoms. The highest BCUT2D eigenvalue weighted by Gasteiger charge is 2.33. The Kier molecular flexibility index (Phi) is 4.66. The molecule has 0 radical (unpaired) electrons.